The maximum absolute atomic E-state index is 14.6. The van der Waals surface area contributed by atoms with Crippen molar-refractivity contribution in [3.63, 3.8) is 0 Å². The number of carbonyl (C=O) groups excluding carboxylic acids is 2. The second-order valence-electron chi connectivity index (χ2n) is 11.5. The lowest BCUT2D eigenvalue weighted by Gasteiger charge is -2.34. The molecule has 0 heterocycles. The summed E-state index contributed by atoms with van der Waals surface area (Å²) in [4.78, 5) is 30.0. The minimum atomic E-state index is -4.27. The molecule has 7 nitrogen and oxygen atoms in total. The van der Waals surface area contributed by atoms with Crippen LogP contribution in [0.2, 0.25) is 10.0 Å². The highest BCUT2D eigenvalue weighted by molar-refractivity contribution is 7.92. The Hall–Kier alpha value is -3.85. The maximum Gasteiger partial charge on any atom is 0.264 e. The van der Waals surface area contributed by atoms with Crippen molar-refractivity contribution in [1.82, 2.24) is 10.2 Å². The molecule has 0 bridgehead atoms. The van der Waals surface area contributed by atoms with Gasteiger partial charge in [-0.3, -0.25) is 13.9 Å². The van der Waals surface area contributed by atoms with E-state index in [9.17, 15) is 18.0 Å². The lowest BCUT2D eigenvalue weighted by Crippen LogP contribution is -2.54. The Morgan fingerprint density at radius 3 is 1.93 bits per heavy atom. The summed E-state index contributed by atoms with van der Waals surface area (Å²) in [5, 5.41) is 3.47. The molecule has 4 aromatic rings. The van der Waals surface area contributed by atoms with E-state index >= 15 is 0 Å². The van der Waals surface area contributed by atoms with Gasteiger partial charge in [-0.25, -0.2) is 8.42 Å². The van der Waals surface area contributed by atoms with Gasteiger partial charge < -0.3 is 10.2 Å². The molecule has 0 aromatic heterocycles. The number of rotatable bonds is 13. The molecule has 0 aliphatic carbocycles. The van der Waals surface area contributed by atoms with Gasteiger partial charge in [-0.2, -0.15) is 0 Å². The molecular weight excluding hydrogens is 641 g/mol. The smallest absolute Gasteiger partial charge is 0.264 e. The Balaban J connectivity index is 1.83. The van der Waals surface area contributed by atoms with Crippen LogP contribution in [-0.2, 0) is 32.6 Å². The topological polar surface area (TPSA) is 86.8 Å². The van der Waals surface area contributed by atoms with E-state index in [4.69, 9.17) is 23.2 Å². The Morgan fingerprint density at radius 1 is 0.804 bits per heavy atom. The molecule has 4 rings (SSSR count). The van der Waals surface area contributed by atoms with Gasteiger partial charge in [-0.15, -0.1) is 0 Å². The molecule has 0 saturated heterocycles. The van der Waals surface area contributed by atoms with Crippen LogP contribution in [0.3, 0.4) is 0 Å². The van der Waals surface area contributed by atoms with Crippen molar-refractivity contribution in [3.05, 3.63) is 129 Å². The van der Waals surface area contributed by atoms with Crippen LogP contribution in [0, 0.1) is 13.8 Å². The van der Waals surface area contributed by atoms with Crippen molar-refractivity contribution in [2.24, 2.45) is 0 Å². The van der Waals surface area contributed by atoms with Crippen LogP contribution in [0.4, 0.5) is 5.69 Å². The number of benzene rings is 4. The van der Waals surface area contributed by atoms with Crippen LogP contribution in [0.1, 0.15) is 42.5 Å². The van der Waals surface area contributed by atoms with Crippen molar-refractivity contribution >= 4 is 50.7 Å². The van der Waals surface area contributed by atoms with Gasteiger partial charge in [0.05, 0.1) is 10.6 Å². The van der Waals surface area contributed by atoms with Crippen molar-refractivity contribution in [2.75, 3.05) is 10.8 Å². The molecule has 0 unspecified atom stereocenters. The number of nitrogens with one attached hydrogen (secondary N) is 1. The predicted molar refractivity (Wildman–Crippen MR) is 186 cm³/mol. The molecule has 0 aliphatic rings. The predicted octanol–water partition coefficient (Wildman–Crippen LogP) is 7.36. The molecule has 0 saturated carbocycles. The van der Waals surface area contributed by atoms with Gasteiger partial charge in [0.1, 0.15) is 12.6 Å². The lowest BCUT2D eigenvalue weighted by molar-refractivity contribution is -0.140. The molecule has 242 valence electrons. The first-order valence-corrected chi connectivity index (χ1v) is 17.3. The monoisotopic (exact) mass is 679 g/mol. The van der Waals surface area contributed by atoms with Crippen molar-refractivity contribution in [3.8, 4) is 0 Å². The zero-order valence-corrected chi connectivity index (χ0v) is 28.7. The zero-order chi connectivity index (χ0) is 33.4. The third-order valence-corrected chi connectivity index (χ3v) is 9.99. The fourth-order valence-corrected chi connectivity index (χ4v) is 6.85. The Morgan fingerprint density at radius 2 is 1.37 bits per heavy atom. The normalized spacial score (nSPS) is 12.7. The standard InChI is InChI=1S/C36H39Cl2N3O4S/c1-5-27(4)39-36(43)34(19-28-9-7-6-8-10-28)40(23-29-15-11-25(2)12-16-29)35(42)24-41(32-21-30(37)20-31(38)22-32)46(44,45)33-17-13-26(3)14-18-33/h6-18,20-22,27,34H,5,19,23-24H2,1-4H3,(H,39,43)/t27-,34-/m0/s1. The van der Waals surface area contributed by atoms with E-state index in [2.05, 4.69) is 5.32 Å². The highest BCUT2D eigenvalue weighted by Crippen LogP contribution is 2.30. The molecule has 4 aromatic carbocycles. The molecule has 10 heteroatoms. The summed E-state index contributed by atoms with van der Waals surface area (Å²) in [6.07, 6.45) is 0.933. The van der Waals surface area contributed by atoms with Crippen LogP contribution < -0.4 is 9.62 Å². The van der Waals surface area contributed by atoms with E-state index < -0.39 is 28.5 Å². The first-order valence-electron chi connectivity index (χ1n) is 15.1. The Bertz CT molecular complexity index is 1730. The summed E-state index contributed by atoms with van der Waals surface area (Å²) < 4.78 is 29.4. The van der Waals surface area contributed by atoms with Crippen LogP contribution in [0.25, 0.3) is 0 Å². The van der Waals surface area contributed by atoms with Crippen LogP contribution in [0.5, 0.6) is 0 Å². The Kier molecular flexibility index (Phi) is 11.9. The van der Waals surface area contributed by atoms with E-state index in [1.165, 1.54) is 35.2 Å². The molecule has 0 spiro atoms. The van der Waals surface area contributed by atoms with E-state index in [1.807, 2.05) is 82.3 Å². The van der Waals surface area contributed by atoms with Crippen LogP contribution in [0.15, 0.2) is 102 Å². The van der Waals surface area contributed by atoms with Crippen molar-refractivity contribution < 1.29 is 18.0 Å². The summed E-state index contributed by atoms with van der Waals surface area (Å²) in [6, 6.07) is 26.8. The highest BCUT2D eigenvalue weighted by Gasteiger charge is 2.35. The van der Waals surface area contributed by atoms with E-state index in [0.29, 0.717) is 6.42 Å². The second-order valence-corrected chi connectivity index (χ2v) is 14.2. The summed E-state index contributed by atoms with van der Waals surface area (Å²) in [5.41, 5.74) is 3.72. The van der Waals surface area contributed by atoms with Gasteiger partial charge in [-0.05, 0) is 68.7 Å². The summed E-state index contributed by atoms with van der Waals surface area (Å²) in [5.74, 6) is -0.884. The zero-order valence-electron chi connectivity index (χ0n) is 26.4. The third-order valence-electron chi connectivity index (χ3n) is 7.77. The van der Waals surface area contributed by atoms with E-state index in [0.717, 1.165) is 26.6 Å². The number of hydrogen-bond acceptors (Lipinski definition) is 4. The average Bonchev–Trinajstić information content (AvgIpc) is 3.02. The second kappa shape index (κ2) is 15.6. The van der Waals surface area contributed by atoms with E-state index in [1.54, 1.807) is 12.1 Å². The highest BCUT2D eigenvalue weighted by atomic mass is 35.5. The minimum Gasteiger partial charge on any atom is -0.352 e. The minimum absolute atomic E-state index is 0.00225. The fourth-order valence-electron chi connectivity index (χ4n) is 4.93. The SMILES string of the molecule is CC[C@H](C)NC(=O)[C@H](Cc1ccccc1)N(Cc1ccc(C)cc1)C(=O)CN(c1cc(Cl)cc(Cl)c1)S(=O)(=O)c1ccc(C)cc1. The largest absolute Gasteiger partial charge is 0.352 e. The van der Waals surface area contributed by atoms with Gasteiger partial charge >= 0.3 is 0 Å². The third kappa shape index (κ3) is 9.12. The van der Waals surface area contributed by atoms with Crippen molar-refractivity contribution in [2.45, 2.75) is 64.1 Å². The number of hydrogen-bond donors (Lipinski definition) is 1. The molecule has 46 heavy (non-hydrogen) atoms. The Labute approximate surface area is 282 Å². The van der Waals surface area contributed by atoms with Gasteiger partial charge in [-0.1, -0.05) is 108 Å². The van der Waals surface area contributed by atoms with E-state index in [-0.39, 0.29) is 45.5 Å². The van der Waals surface area contributed by atoms with Crippen LogP contribution in [-0.4, -0.2) is 43.8 Å². The van der Waals surface area contributed by atoms with Gasteiger partial charge in [0.25, 0.3) is 10.0 Å². The molecule has 2 amide bonds. The number of aryl methyl sites for hydroxylation is 2. The number of amides is 2. The maximum atomic E-state index is 14.6. The first kappa shape index (κ1) is 35.0. The number of sulfonamides is 1. The first-order chi connectivity index (χ1) is 21.9. The number of nitrogens with zero attached hydrogens (tertiary/aromatic N) is 2. The summed E-state index contributed by atoms with van der Waals surface area (Å²) >= 11 is 12.6. The summed E-state index contributed by atoms with van der Waals surface area (Å²) in [6.45, 7) is 7.18. The lowest BCUT2D eigenvalue weighted by atomic mass is 10.0. The summed E-state index contributed by atoms with van der Waals surface area (Å²) in [7, 11) is -4.27. The van der Waals surface area contributed by atoms with Crippen molar-refractivity contribution in [1.29, 1.82) is 0 Å². The number of anilines is 1. The number of halogens is 2. The molecule has 0 fully saturated rings. The molecule has 0 radical (unpaired) electrons. The number of carbonyl (C=O) groups is 2. The molecule has 0 aliphatic heterocycles. The van der Waals surface area contributed by atoms with Crippen LogP contribution >= 0.6 is 23.2 Å². The quantitative estimate of drug-likeness (QED) is 0.160. The molecular formula is C36H39Cl2N3O4S. The molecule has 2 atom stereocenters. The fraction of sp³-hybridized carbons (Fsp3) is 0.278. The van der Waals surface area contributed by atoms with Gasteiger partial charge in [0.15, 0.2) is 0 Å². The molecule has 1 N–H and O–H groups in total. The average molecular weight is 681 g/mol. The van der Waals surface area contributed by atoms with Gasteiger partial charge in [0.2, 0.25) is 11.8 Å². The van der Waals surface area contributed by atoms with Gasteiger partial charge in [0, 0.05) is 29.1 Å².